The molecule has 0 saturated carbocycles. The molecule has 0 saturated heterocycles. The van der Waals surface area contributed by atoms with E-state index in [1.807, 2.05) is 31.2 Å². The van der Waals surface area contributed by atoms with Crippen LogP contribution in [0.5, 0.6) is 0 Å². The minimum absolute atomic E-state index is 0.0938. The monoisotopic (exact) mass is 500 g/mol. The molecule has 0 unspecified atom stereocenters. The van der Waals surface area contributed by atoms with Gasteiger partial charge in [0.15, 0.2) is 5.82 Å². The number of hydrogen-bond donors (Lipinski definition) is 3. The molecular weight excluding hydrogens is 475 g/mol. The van der Waals surface area contributed by atoms with Gasteiger partial charge < -0.3 is 24.4 Å². The van der Waals surface area contributed by atoms with E-state index in [9.17, 15) is 14.2 Å². The van der Waals surface area contributed by atoms with E-state index in [4.69, 9.17) is 14.2 Å². The molecule has 0 fully saturated rings. The first-order chi connectivity index (χ1) is 16.6. The highest BCUT2D eigenvalue weighted by molar-refractivity contribution is 7.46. The molecular formula is C23H25N4O7P. The number of fused-ring (bicyclic) bond motifs is 2. The summed E-state index contributed by atoms with van der Waals surface area (Å²) in [5, 5.41) is 4.08. The summed E-state index contributed by atoms with van der Waals surface area (Å²) in [5.74, 6) is 0.272. The van der Waals surface area contributed by atoms with Crippen LogP contribution in [0.3, 0.4) is 0 Å². The van der Waals surface area contributed by atoms with Crippen molar-refractivity contribution in [2.24, 2.45) is 0 Å². The van der Waals surface area contributed by atoms with Gasteiger partial charge in [-0.05, 0) is 30.7 Å². The lowest BCUT2D eigenvalue weighted by Gasteiger charge is -2.21. The van der Waals surface area contributed by atoms with Crippen LogP contribution in [0.25, 0.3) is 17.0 Å². The average Bonchev–Trinajstić information content (AvgIpc) is 3.03. The van der Waals surface area contributed by atoms with Crippen LogP contribution in [-0.4, -0.2) is 51.8 Å². The Labute approximate surface area is 201 Å². The van der Waals surface area contributed by atoms with Gasteiger partial charge in [0.25, 0.3) is 0 Å². The van der Waals surface area contributed by atoms with Crippen molar-refractivity contribution in [3.8, 4) is 0 Å². The van der Waals surface area contributed by atoms with Crippen molar-refractivity contribution < 1.29 is 32.9 Å². The quantitative estimate of drug-likeness (QED) is 0.329. The van der Waals surface area contributed by atoms with E-state index in [1.54, 1.807) is 19.2 Å². The SMILES string of the molecule is Cc1c(CN(C)C(=O)C=Cc2cnc3c(c2)NCCC(=O)N3COP(=O)(O)O)oc2ccccc12. The van der Waals surface area contributed by atoms with Gasteiger partial charge in [-0.25, -0.2) is 9.55 Å². The number of carbonyl (C=O) groups is 2. The molecule has 1 aromatic carbocycles. The molecule has 0 aliphatic carbocycles. The van der Waals surface area contributed by atoms with Crippen molar-refractivity contribution in [1.82, 2.24) is 9.88 Å². The first-order valence-corrected chi connectivity index (χ1v) is 12.3. The van der Waals surface area contributed by atoms with E-state index in [-0.39, 0.29) is 18.1 Å². The Bertz CT molecular complexity index is 1350. The zero-order valence-corrected chi connectivity index (χ0v) is 20.1. The zero-order chi connectivity index (χ0) is 25.2. The second kappa shape index (κ2) is 10.0. The van der Waals surface area contributed by atoms with Crippen LogP contribution < -0.4 is 10.2 Å². The number of rotatable bonds is 7. The number of benzene rings is 1. The zero-order valence-electron chi connectivity index (χ0n) is 19.2. The minimum Gasteiger partial charge on any atom is -0.459 e. The maximum absolute atomic E-state index is 12.7. The predicted octanol–water partition coefficient (Wildman–Crippen LogP) is 3.02. The number of aromatic nitrogens is 1. The normalized spacial score (nSPS) is 14.2. The van der Waals surface area contributed by atoms with Gasteiger partial charge >= 0.3 is 7.82 Å². The second-order valence-corrected chi connectivity index (χ2v) is 9.30. The summed E-state index contributed by atoms with van der Waals surface area (Å²) in [6.07, 6.45) is 4.56. The number of nitrogens with zero attached hydrogens (tertiary/aromatic N) is 3. The van der Waals surface area contributed by atoms with E-state index in [0.717, 1.165) is 21.4 Å². The summed E-state index contributed by atoms with van der Waals surface area (Å²) < 4.78 is 21.4. The van der Waals surface area contributed by atoms with E-state index >= 15 is 0 Å². The fraction of sp³-hybridized carbons (Fsp3) is 0.261. The largest absolute Gasteiger partial charge is 0.471 e. The lowest BCUT2D eigenvalue weighted by atomic mass is 10.1. The third-order valence-electron chi connectivity index (χ3n) is 5.57. The smallest absolute Gasteiger partial charge is 0.459 e. The number of phosphoric acid groups is 1. The molecule has 0 radical (unpaired) electrons. The maximum Gasteiger partial charge on any atom is 0.471 e. The molecule has 0 bridgehead atoms. The Morgan fingerprint density at radius 1 is 1.37 bits per heavy atom. The summed E-state index contributed by atoms with van der Waals surface area (Å²) >= 11 is 0. The van der Waals surface area contributed by atoms with Gasteiger partial charge in [-0.1, -0.05) is 18.2 Å². The first-order valence-electron chi connectivity index (χ1n) is 10.8. The van der Waals surface area contributed by atoms with Crippen molar-refractivity contribution in [2.75, 3.05) is 30.5 Å². The summed E-state index contributed by atoms with van der Waals surface area (Å²) in [7, 11) is -3.08. The van der Waals surface area contributed by atoms with Crippen molar-refractivity contribution in [2.45, 2.75) is 19.9 Å². The molecule has 3 heterocycles. The highest BCUT2D eigenvalue weighted by atomic mass is 31.2. The summed E-state index contributed by atoms with van der Waals surface area (Å²) in [6.45, 7) is 1.95. The molecule has 1 aliphatic heterocycles. The number of hydrogen-bond acceptors (Lipinski definition) is 7. The highest BCUT2D eigenvalue weighted by Gasteiger charge is 2.26. The standard InChI is InChI=1S/C23H25N4O7P/c1-15-17-5-3-4-6-19(17)34-20(15)13-26(2)21(28)8-7-16-11-18-23(25-12-16)27(14-33-35(30,31)32)22(29)9-10-24-18/h3-8,11-12,24H,9-10,13-14H2,1-2H3,(H2,30,31,32). The Kier molecular flexibility index (Phi) is 7.04. The van der Waals surface area contributed by atoms with Gasteiger partial charge in [-0.15, -0.1) is 0 Å². The number of amides is 2. The van der Waals surface area contributed by atoms with E-state index in [1.165, 1.54) is 17.2 Å². The van der Waals surface area contributed by atoms with Crippen molar-refractivity contribution in [1.29, 1.82) is 0 Å². The number of anilines is 2. The van der Waals surface area contributed by atoms with E-state index in [0.29, 0.717) is 30.1 Å². The van der Waals surface area contributed by atoms with Crippen LogP contribution in [0.4, 0.5) is 11.5 Å². The Morgan fingerprint density at radius 3 is 2.89 bits per heavy atom. The molecule has 4 rings (SSSR count). The van der Waals surface area contributed by atoms with Gasteiger partial charge in [-0.2, -0.15) is 0 Å². The molecule has 12 heteroatoms. The Balaban J connectivity index is 1.47. The van der Waals surface area contributed by atoms with Crippen LogP contribution in [-0.2, 0) is 25.2 Å². The van der Waals surface area contributed by atoms with Crippen LogP contribution in [0.1, 0.15) is 23.3 Å². The lowest BCUT2D eigenvalue weighted by molar-refractivity contribution is -0.125. The Hall–Kier alpha value is -3.50. The van der Waals surface area contributed by atoms with Crippen molar-refractivity contribution in [3.63, 3.8) is 0 Å². The molecule has 184 valence electrons. The number of phosphoric ester groups is 1. The first kappa shape index (κ1) is 24.6. The molecule has 3 N–H and O–H groups in total. The lowest BCUT2D eigenvalue weighted by Crippen LogP contribution is -2.32. The molecule has 35 heavy (non-hydrogen) atoms. The third-order valence-corrected chi connectivity index (χ3v) is 6.02. The van der Waals surface area contributed by atoms with Gasteiger partial charge in [0, 0.05) is 43.2 Å². The van der Waals surface area contributed by atoms with Crippen LogP contribution in [0, 0.1) is 6.92 Å². The molecule has 0 atom stereocenters. The molecule has 1 aliphatic rings. The van der Waals surface area contributed by atoms with Gasteiger partial charge in [0.05, 0.1) is 12.2 Å². The average molecular weight is 500 g/mol. The molecule has 0 spiro atoms. The number of nitrogens with one attached hydrogen (secondary N) is 1. The number of para-hydroxylation sites is 1. The van der Waals surface area contributed by atoms with Gasteiger partial charge in [0.2, 0.25) is 11.8 Å². The topological polar surface area (TPSA) is 145 Å². The Morgan fingerprint density at radius 2 is 2.14 bits per heavy atom. The summed E-state index contributed by atoms with van der Waals surface area (Å²) in [6, 6.07) is 9.40. The molecule has 11 nitrogen and oxygen atoms in total. The number of aryl methyl sites for hydroxylation is 1. The van der Waals surface area contributed by atoms with Crippen molar-refractivity contribution in [3.05, 3.63) is 59.5 Å². The van der Waals surface area contributed by atoms with Crippen LogP contribution in [0.15, 0.2) is 47.0 Å². The van der Waals surface area contributed by atoms with Crippen LogP contribution >= 0.6 is 7.82 Å². The maximum atomic E-state index is 12.7. The van der Waals surface area contributed by atoms with E-state index in [2.05, 4.69) is 14.8 Å². The number of carbonyl (C=O) groups excluding carboxylic acids is 2. The molecule has 3 aromatic rings. The van der Waals surface area contributed by atoms with Gasteiger partial charge in [0.1, 0.15) is 18.1 Å². The molecule has 2 aromatic heterocycles. The van der Waals surface area contributed by atoms with Gasteiger partial charge in [-0.3, -0.25) is 19.0 Å². The minimum atomic E-state index is -4.77. The third kappa shape index (κ3) is 5.77. The number of pyridine rings is 1. The predicted molar refractivity (Wildman–Crippen MR) is 129 cm³/mol. The number of likely N-dealkylation sites (N-methyl/N-ethyl adjacent to an activating group) is 1. The van der Waals surface area contributed by atoms with Crippen LogP contribution in [0.2, 0.25) is 0 Å². The summed E-state index contributed by atoms with van der Waals surface area (Å²) in [5.41, 5.74) is 2.85. The van der Waals surface area contributed by atoms with Crippen molar-refractivity contribution >= 4 is 48.2 Å². The number of furan rings is 1. The molecule has 2 amide bonds. The highest BCUT2D eigenvalue weighted by Crippen LogP contribution is 2.37. The second-order valence-electron chi connectivity index (χ2n) is 8.06. The fourth-order valence-electron chi connectivity index (χ4n) is 3.70. The summed E-state index contributed by atoms with van der Waals surface area (Å²) in [4.78, 5) is 49.8. The fourth-order valence-corrected chi connectivity index (χ4v) is 3.96. The van der Waals surface area contributed by atoms with E-state index < -0.39 is 20.5 Å².